The van der Waals surface area contributed by atoms with Crippen molar-refractivity contribution in [3.8, 4) is 34.5 Å². The Morgan fingerprint density at radius 2 is 0.917 bits per heavy atom. The van der Waals surface area contributed by atoms with E-state index in [9.17, 15) is 19.2 Å². The van der Waals surface area contributed by atoms with E-state index in [1.165, 1.54) is 0 Å². The van der Waals surface area contributed by atoms with E-state index >= 15 is 0 Å². The van der Waals surface area contributed by atoms with Gasteiger partial charge in [-0.1, -0.05) is 24.3 Å². The maximum atomic E-state index is 13.3. The van der Waals surface area contributed by atoms with Gasteiger partial charge in [-0.15, -0.1) is 0 Å². The molecule has 4 aromatic carbocycles. The summed E-state index contributed by atoms with van der Waals surface area (Å²) in [5, 5.41) is 0. The van der Waals surface area contributed by atoms with Gasteiger partial charge in [-0.25, -0.2) is 0 Å². The highest BCUT2D eigenvalue weighted by Gasteiger charge is 2.34. The fourth-order valence-electron chi connectivity index (χ4n) is 10.7. The van der Waals surface area contributed by atoms with E-state index in [2.05, 4.69) is 34.2 Å². The normalized spacial score (nSPS) is 16.6. The summed E-state index contributed by atoms with van der Waals surface area (Å²) in [6, 6.07) is 31.1. The number of nitrogens with zero attached hydrogens (tertiary/aromatic N) is 4. The van der Waals surface area contributed by atoms with Crippen LogP contribution in [0.4, 0.5) is 0 Å². The van der Waals surface area contributed by atoms with Crippen LogP contribution in [0.5, 0.6) is 34.5 Å². The van der Waals surface area contributed by atoms with Crippen molar-refractivity contribution in [2.45, 2.75) is 50.4 Å². The van der Waals surface area contributed by atoms with Gasteiger partial charge in [0.05, 0.1) is 28.4 Å². The van der Waals surface area contributed by atoms with Gasteiger partial charge in [0.2, 0.25) is 0 Å². The van der Waals surface area contributed by atoms with Crippen LogP contribution in [0, 0.1) is 11.8 Å². The number of ether oxygens (including phenoxy) is 6. The van der Waals surface area contributed by atoms with Gasteiger partial charge in [0.25, 0.3) is 11.8 Å². The number of hydrogen-bond acceptors (Lipinski definition) is 12. The van der Waals surface area contributed by atoms with E-state index in [1.54, 1.807) is 65.1 Å². The van der Waals surface area contributed by atoms with Gasteiger partial charge in [-0.3, -0.25) is 29.1 Å². The molecule has 10 rings (SSSR count). The molecule has 4 aliphatic rings. The molecular weight excluding hydrogens is 913 g/mol. The number of methoxy groups -OCH3 is 4. The molecule has 6 heterocycles. The third kappa shape index (κ3) is 10.9. The molecule has 2 atom stereocenters. The predicted octanol–water partition coefficient (Wildman–Crippen LogP) is 8.57. The van der Waals surface area contributed by atoms with Crippen molar-refractivity contribution in [3.63, 3.8) is 0 Å². The van der Waals surface area contributed by atoms with Gasteiger partial charge in [0.15, 0.2) is 34.6 Å². The molecule has 4 aliphatic heterocycles. The van der Waals surface area contributed by atoms with Crippen molar-refractivity contribution in [1.82, 2.24) is 19.8 Å². The summed E-state index contributed by atoms with van der Waals surface area (Å²) in [5.74, 6) is 5.18. The molecule has 72 heavy (non-hydrogen) atoms. The summed E-state index contributed by atoms with van der Waals surface area (Å²) in [6.45, 7) is 2.87. The monoisotopic (exact) mass is 972 g/mol. The molecule has 2 fully saturated rings. The van der Waals surface area contributed by atoms with E-state index in [0.29, 0.717) is 96.5 Å². The fraction of sp³-hybridized carbons (Fsp3) is 0.345. The lowest BCUT2D eigenvalue weighted by Crippen LogP contribution is -2.40. The number of aromatic nitrogens is 2. The van der Waals surface area contributed by atoms with E-state index in [0.717, 1.165) is 59.1 Å². The SMILES string of the molecule is COc1ccc([C@@H](c2cccnc2)C2CCN(C(=O)c3ccc4c(c3)CC(=O)CO4)CC2)cc1OC.COc1ccc([C@H](c2cccnc2)C2CCN(C(=O)c3ccc4c(c3)CC(=O)CO4)CC2)cc1OC. The molecule has 372 valence electrons. The minimum Gasteiger partial charge on any atom is -0.493 e. The number of ketones is 2. The Morgan fingerprint density at radius 3 is 1.28 bits per heavy atom. The van der Waals surface area contributed by atoms with Crippen LogP contribution in [0.1, 0.15) is 91.6 Å². The maximum absolute atomic E-state index is 13.3. The molecule has 0 unspecified atom stereocenters. The molecule has 0 spiro atoms. The second-order valence-electron chi connectivity index (χ2n) is 18.7. The fourth-order valence-corrected chi connectivity index (χ4v) is 10.7. The minimum atomic E-state index is -0.00156. The molecule has 0 radical (unpaired) electrons. The molecule has 14 heteroatoms. The Morgan fingerprint density at radius 1 is 0.514 bits per heavy atom. The smallest absolute Gasteiger partial charge is 0.253 e. The Bertz CT molecular complexity index is 2700. The second-order valence-corrected chi connectivity index (χ2v) is 18.7. The van der Waals surface area contributed by atoms with Crippen LogP contribution in [-0.4, -0.2) is 111 Å². The number of benzene rings is 4. The van der Waals surface area contributed by atoms with Gasteiger partial charge < -0.3 is 38.2 Å². The lowest BCUT2D eigenvalue weighted by atomic mass is 9.76. The van der Waals surface area contributed by atoms with Gasteiger partial charge in [0.1, 0.15) is 24.7 Å². The van der Waals surface area contributed by atoms with E-state index in [4.69, 9.17) is 28.4 Å². The number of carbonyl (C=O) groups is 4. The number of fused-ring (bicyclic) bond motifs is 2. The molecule has 0 bridgehead atoms. The highest BCUT2D eigenvalue weighted by molar-refractivity contribution is 5.96. The molecule has 2 aromatic heterocycles. The number of piperidine rings is 2. The molecule has 6 aromatic rings. The summed E-state index contributed by atoms with van der Waals surface area (Å²) < 4.78 is 33.0. The van der Waals surface area contributed by atoms with Gasteiger partial charge in [0, 0.05) is 97.9 Å². The number of likely N-dealkylation sites (tertiary alicyclic amines) is 2. The van der Waals surface area contributed by atoms with E-state index in [1.807, 2.05) is 70.7 Å². The van der Waals surface area contributed by atoms with Crippen LogP contribution >= 0.6 is 0 Å². The predicted molar refractivity (Wildman–Crippen MR) is 270 cm³/mol. The summed E-state index contributed by atoms with van der Waals surface area (Å²) >= 11 is 0. The first kappa shape index (κ1) is 49.2. The third-order valence-corrected chi connectivity index (χ3v) is 14.4. The van der Waals surface area contributed by atoms with Gasteiger partial charge in [-0.2, -0.15) is 0 Å². The number of rotatable bonds is 12. The Hall–Kier alpha value is -7.74. The number of Topliss-reactive ketones (excluding diaryl/α,β-unsaturated/α-hetero) is 2. The van der Waals surface area contributed by atoms with Crippen LogP contribution < -0.4 is 28.4 Å². The first-order valence-corrected chi connectivity index (χ1v) is 24.5. The van der Waals surface area contributed by atoms with Crippen LogP contribution in [0.25, 0.3) is 0 Å². The third-order valence-electron chi connectivity index (χ3n) is 14.4. The molecule has 0 aliphatic carbocycles. The lowest BCUT2D eigenvalue weighted by molar-refractivity contribution is -0.122. The topological polar surface area (TPSA) is 156 Å². The quantitative estimate of drug-likeness (QED) is 0.115. The zero-order chi connectivity index (χ0) is 50.1. The van der Waals surface area contributed by atoms with Crippen molar-refractivity contribution in [1.29, 1.82) is 0 Å². The van der Waals surface area contributed by atoms with Crippen molar-refractivity contribution >= 4 is 23.4 Å². The van der Waals surface area contributed by atoms with Crippen LogP contribution in [-0.2, 0) is 22.4 Å². The van der Waals surface area contributed by atoms with E-state index < -0.39 is 0 Å². The van der Waals surface area contributed by atoms with Crippen molar-refractivity contribution in [2.75, 3.05) is 67.8 Å². The van der Waals surface area contributed by atoms with Crippen molar-refractivity contribution < 1.29 is 47.6 Å². The van der Waals surface area contributed by atoms with Crippen LogP contribution in [0.3, 0.4) is 0 Å². The number of hydrogen-bond donors (Lipinski definition) is 0. The lowest BCUT2D eigenvalue weighted by Gasteiger charge is -2.37. The van der Waals surface area contributed by atoms with Gasteiger partial charge >= 0.3 is 0 Å². The molecule has 0 saturated carbocycles. The summed E-state index contributed by atoms with van der Waals surface area (Å²) in [5.41, 5.74) is 7.37. The molecular formula is C58H60N4O10. The number of amides is 2. The molecule has 2 saturated heterocycles. The summed E-state index contributed by atoms with van der Waals surface area (Å²) in [7, 11) is 6.56. The molecule has 14 nitrogen and oxygen atoms in total. The highest BCUT2D eigenvalue weighted by atomic mass is 16.5. The highest BCUT2D eigenvalue weighted by Crippen LogP contribution is 2.43. The zero-order valence-electron chi connectivity index (χ0n) is 41.2. The number of carbonyl (C=O) groups excluding carboxylic acids is 4. The van der Waals surface area contributed by atoms with Crippen LogP contribution in [0.2, 0.25) is 0 Å². The van der Waals surface area contributed by atoms with Crippen molar-refractivity contribution in [2.24, 2.45) is 11.8 Å². The average Bonchev–Trinajstić information content (AvgIpc) is 3.43. The second kappa shape index (κ2) is 22.6. The number of pyridine rings is 2. The minimum absolute atomic E-state index is 0.00156. The van der Waals surface area contributed by atoms with Crippen molar-refractivity contribution in [3.05, 3.63) is 166 Å². The van der Waals surface area contributed by atoms with Gasteiger partial charge in [-0.05, 0) is 133 Å². The summed E-state index contributed by atoms with van der Waals surface area (Å²) in [6.07, 6.45) is 11.5. The Kier molecular flexibility index (Phi) is 15.4. The zero-order valence-corrected chi connectivity index (χ0v) is 41.2. The first-order chi connectivity index (χ1) is 35.1. The van der Waals surface area contributed by atoms with E-state index in [-0.39, 0.29) is 48.4 Å². The first-order valence-electron chi connectivity index (χ1n) is 24.5. The van der Waals surface area contributed by atoms with Crippen LogP contribution in [0.15, 0.2) is 122 Å². The standard InChI is InChI=1S/2C29H30N2O5/c2*1-34-26-8-5-20(16-27(26)35-2)28(22-4-3-11-30-17-22)19-9-12-31(13-10-19)29(33)21-6-7-25-23(14-21)15-24(32)18-36-25/h2*3-8,11,14,16-17,19,28H,9-10,12-13,15,18H2,1-2H3/t2*28-/m10/s1. The molecule has 2 amide bonds. The largest absolute Gasteiger partial charge is 0.493 e. The Balaban J connectivity index is 0.000000178. The molecule has 0 N–H and O–H groups in total. The maximum Gasteiger partial charge on any atom is 0.253 e. The average molecular weight is 973 g/mol. The summed E-state index contributed by atoms with van der Waals surface area (Å²) in [4.78, 5) is 62.7. The Labute approximate surface area is 420 Å².